The van der Waals surface area contributed by atoms with E-state index in [1.165, 1.54) is 15.5 Å². The van der Waals surface area contributed by atoms with Crippen LogP contribution in [-0.4, -0.2) is 51.3 Å². The van der Waals surface area contributed by atoms with E-state index in [1.807, 2.05) is 18.2 Å². The van der Waals surface area contributed by atoms with Gasteiger partial charge in [-0.05, 0) is 42.0 Å². The first-order valence-electron chi connectivity index (χ1n) is 9.64. The average molecular weight is 420 g/mol. The number of anilines is 1. The molecule has 0 aliphatic carbocycles. The number of halogens is 1. The van der Waals surface area contributed by atoms with Crippen molar-refractivity contribution in [2.75, 3.05) is 26.0 Å². The number of amides is 1. The zero-order valence-corrected chi connectivity index (χ0v) is 17.1. The van der Waals surface area contributed by atoms with Gasteiger partial charge in [-0.3, -0.25) is 4.79 Å². The maximum absolute atomic E-state index is 14.2. The number of likely N-dealkylation sites (N-methyl/N-ethyl adjacent to an activating group) is 1. The van der Waals surface area contributed by atoms with Gasteiger partial charge in [0.2, 0.25) is 0 Å². The lowest BCUT2D eigenvalue weighted by Gasteiger charge is -2.12. The summed E-state index contributed by atoms with van der Waals surface area (Å²) in [6, 6.07) is 17.4. The number of nitrogens with one attached hydrogen (secondary N) is 1. The van der Waals surface area contributed by atoms with Gasteiger partial charge in [0.1, 0.15) is 17.4 Å². The third-order valence-electron chi connectivity index (χ3n) is 4.61. The number of benzene rings is 2. The van der Waals surface area contributed by atoms with E-state index < -0.39 is 0 Å². The maximum Gasteiger partial charge on any atom is 0.259 e. The molecule has 0 aliphatic heterocycles. The molecule has 8 nitrogen and oxygen atoms in total. The summed E-state index contributed by atoms with van der Waals surface area (Å²) in [5.41, 5.74) is 1.80. The third-order valence-corrected chi connectivity index (χ3v) is 4.61. The number of ether oxygens (including phenoxy) is 1. The van der Waals surface area contributed by atoms with Crippen LogP contribution in [0.2, 0.25) is 0 Å². The van der Waals surface area contributed by atoms with Gasteiger partial charge in [0, 0.05) is 20.6 Å². The van der Waals surface area contributed by atoms with Crippen LogP contribution in [0, 0.1) is 5.82 Å². The summed E-state index contributed by atoms with van der Waals surface area (Å²) < 4.78 is 21.2. The van der Waals surface area contributed by atoms with Gasteiger partial charge in [-0.2, -0.15) is 4.52 Å². The molecule has 0 saturated heterocycles. The second-order valence-corrected chi connectivity index (χ2v) is 7.07. The summed E-state index contributed by atoms with van der Waals surface area (Å²) in [7, 11) is 3.37. The molecule has 0 aliphatic rings. The molecule has 2 heterocycles. The van der Waals surface area contributed by atoms with E-state index in [9.17, 15) is 9.18 Å². The van der Waals surface area contributed by atoms with Gasteiger partial charge in [-0.15, -0.1) is 15.3 Å². The van der Waals surface area contributed by atoms with Crippen molar-refractivity contribution in [3.8, 4) is 17.1 Å². The normalized spacial score (nSPS) is 10.8. The van der Waals surface area contributed by atoms with Gasteiger partial charge in [-0.25, -0.2) is 4.39 Å². The van der Waals surface area contributed by atoms with Crippen LogP contribution in [0.1, 0.15) is 5.56 Å². The van der Waals surface area contributed by atoms with Crippen molar-refractivity contribution in [3.63, 3.8) is 0 Å². The zero-order valence-electron chi connectivity index (χ0n) is 17.1. The van der Waals surface area contributed by atoms with E-state index in [0.717, 1.165) is 5.56 Å². The van der Waals surface area contributed by atoms with Crippen LogP contribution in [0.3, 0.4) is 0 Å². The van der Waals surface area contributed by atoms with Gasteiger partial charge >= 0.3 is 0 Å². The minimum absolute atomic E-state index is 0.0193. The molecular weight excluding hydrogens is 399 g/mol. The average Bonchev–Trinajstić information content (AvgIpc) is 3.19. The molecule has 1 amide bonds. The molecular formula is C22H21FN6O2. The van der Waals surface area contributed by atoms with E-state index in [1.54, 1.807) is 50.5 Å². The Kier molecular flexibility index (Phi) is 5.74. The van der Waals surface area contributed by atoms with E-state index in [-0.39, 0.29) is 18.3 Å². The first-order valence-corrected chi connectivity index (χ1v) is 9.64. The van der Waals surface area contributed by atoms with Crippen LogP contribution in [0.5, 0.6) is 5.75 Å². The molecule has 0 fully saturated rings. The van der Waals surface area contributed by atoms with Crippen LogP contribution in [0.15, 0.2) is 60.7 Å². The van der Waals surface area contributed by atoms with Crippen molar-refractivity contribution in [3.05, 3.63) is 72.0 Å². The fraction of sp³-hybridized carbons (Fsp3) is 0.182. The summed E-state index contributed by atoms with van der Waals surface area (Å²) in [5, 5.41) is 15.9. The highest BCUT2D eigenvalue weighted by atomic mass is 19.1. The molecule has 0 spiro atoms. The van der Waals surface area contributed by atoms with Crippen LogP contribution >= 0.6 is 0 Å². The van der Waals surface area contributed by atoms with Crippen LogP contribution in [-0.2, 0) is 11.3 Å². The second kappa shape index (κ2) is 8.78. The number of nitrogens with zero attached hydrogens (tertiary/aromatic N) is 5. The Balaban J connectivity index is 1.48. The highest BCUT2D eigenvalue weighted by Crippen LogP contribution is 2.21. The Labute approximate surface area is 178 Å². The van der Waals surface area contributed by atoms with Crippen LogP contribution in [0.4, 0.5) is 10.2 Å². The van der Waals surface area contributed by atoms with Gasteiger partial charge in [0.15, 0.2) is 18.1 Å². The van der Waals surface area contributed by atoms with E-state index in [0.29, 0.717) is 35.1 Å². The van der Waals surface area contributed by atoms with E-state index in [4.69, 9.17) is 4.74 Å². The van der Waals surface area contributed by atoms with Gasteiger partial charge < -0.3 is 15.0 Å². The van der Waals surface area contributed by atoms with Crippen molar-refractivity contribution >= 4 is 17.4 Å². The molecule has 4 aromatic rings. The van der Waals surface area contributed by atoms with Crippen molar-refractivity contribution in [1.82, 2.24) is 24.7 Å². The van der Waals surface area contributed by atoms with Crippen molar-refractivity contribution < 1.29 is 13.9 Å². The summed E-state index contributed by atoms with van der Waals surface area (Å²) in [4.78, 5) is 13.2. The lowest BCUT2D eigenvalue weighted by atomic mass is 10.2. The molecule has 2 aromatic carbocycles. The number of aromatic nitrogens is 4. The second-order valence-electron chi connectivity index (χ2n) is 7.07. The third kappa shape index (κ3) is 4.61. The molecule has 1 N–H and O–H groups in total. The zero-order chi connectivity index (χ0) is 21.8. The number of carbonyl (C=O) groups is 1. The van der Waals surface area contributed by atoms with Gasteiger partial charge in [0.25, 0.3) is 5.91 Å². The highest BCUT2D eigenvalue weighted by Gasteiger charge is 2.13. The lowest BCUT2D eigenvalue weighted by Crippen LogP contribution is -2.27. The molecule has 0 atom stereocenters. The Hall–Kier alpha value is -4.01. The largest absolute Gasteiger partial charge is 0.484 e. The molecule has 4 rings (SSSR count). The number of hydrogen-bond donors (Lipinski definition) is 1. The molecule has 31 heavy (non-hydrogen) atoms. The first kappa shape index (κ1) is 20.3. The van der Waals surface area contributed by atoms with Crippen LogP contribution in [0.25, 0.3) is 17.0 Å². The predicted octanol–water partition coefficient (Wildman–Crippen LogP) is 3.01. The Morgan fingerprint density at radius 3 is 2.74 bits per heavy atom. The number of rotatable bonds is 7. The monoisotopic (exact) mass is 420 g/mol. The summed E-state index contributed by atoms with van der Waals surface area (Å²) in [6.07, 6.45) is 0. The van der Waals surface area contributed by atoms with Crippen LogP contribution < -0.4 is 10.1 Å². The lowest BCUT2D eigenvalue weighted by molar-refractivity contribution is -0.130. The maximum atomic E-state index is 14.2. The standard InChI is InChI=1S/C22H21FN6O2/c1-28(2)21(30)14-31-16-7-5-6-15(12-16)13-24-19-10-11-20-25-26-22(29(20)27-19)17-8-3-4-9-18(17)23/h3-12H,13-14H2,1-2H3,(H,24,27). The smallest absolute Gasteiger partial charge is 0.259 e. The summed E-state index contributed by atoms with van der Waals surface area (Å²) in [6.45, 7) is 0.461. The highest BCUT2D eigenvalue weighted by molar-refractivity contribution is 5.77. The number of fused-ring (bicyclic) bond motifs is 1. The minimum atomic E-state index is -0.387. The number of carbonyl (C=O) groups excluding carboxylic acids is 1. The van der Waals surface area contributed by atoms with Gasteiger partial charge in [0.05, 0.1) is 5.56 Å². The topological polar surface area (TPSA) is 84.6 Å². The SMILES string of the molecule is CN(C)C(=O)COc1cccc(CNc2ccc3nnc(-c4ccccc4F)n3n2)c1. The van der Waals surface area contributed by atoms with Gasteiger partial charge in [-0.1, -0.05) is 24.3 Å². The molecule has 0 unspecified atom stereocenters. The Morgan fingerprint density at radius 2 is 1.94 bits per heavy atom. The first-order chi connectivity index (χ1) is 15.0. The molecule has 0 saturated carbocycles. The Bertz CT molecular complexity index is 1220. The Morgan fingerprint density at radius 1 is 1.10 bits per heavy atom. The summed E-state index contributed by atoms with van der Waals surface area (Å²) >= 11 is 0. The van der Waals surface area contributed by atoms with E-state index in [2.05, 4.69) is 20.6 Å². The van der Waals surface area contributed by atoms with Crippen molar-refractivity contribution in [2.45, 2.75) is 6.54 Å². The van der Waals surface area contributed by atoms with Crippen molar-refractivity contribution in [2.24, 2.45) is 0 Å². The molecule has 158 valence electrons. The fourth-order valence-corrected chi connectivity index (χ4v) is 2.91. The summed E-state index contributed by atoms with van der Waals surface area (Å²) in [5.74, 6) is 1.03. The minimum Gasteiger partial charge on any atom is -0.484 e. The number of hydrogen-bond acceptors (Lipinski definition) is 6. The van der Waals surface area contributed by atoms with E-state index >= 15 is 0 Å². The quantitative estimate of drug-likeness (QED) is 0.495. The van der Waals surface area contributed by atoms with Crippen molar-refractivity contribution in [1.29, 1.82) is 0 Å². The fourth-order valence-electron chi connectivity index (χ4n) is 2.91. The molecule has 9 heteroatoms. The molecule has 0 radical (unpaired) electrons. The molecule has 2 aromatic heterocycles. The molecule has 0 bridgehead atoms. The predicted molar refractivity (Wildman–Crippen MR) is 114 cm³/mol.